The zero-order chi connectivity index (χ0) is 15.4. The number of nitrogens with zero attached hydrogens (tertiary/aromatic N) is 2. The predicted octanol–water partition coefficient (Wildman–Crippen LogP) is 2.12. The van der Waals surface area contributed by atoms with Crippen molar-refractivity contribution in [1.29, 1.82) is 0 Å². The molecule has 21 heavy (non-hydrogen) atoms. The molecule has 2 rings (SSSR count). The molecule has 1 atom stereocenters. The van der Waals surface area contributed by atoms with E-state index in [2.05, 4.69) is 5.32 Å². The first-order valence-corrected chi connectivity index (χ1v) is 7.32. The monoisotopic (exact) mass is 291 g/mol. The Kier molecular flexibility index (Phi) is 4.90. The Morgan fingerprint density at radius 1 is 1.52 bits per heavy atom. The van der Waals surface area contributed by atoms with Gasteiger partial charge in [0.15, 0.2) is 0 Å². The second-order valence-electron chi connectivity index (χ2n) is 5.37. The Balaban J connectivity index is 2.36. The van der Waals surface area contributed by atoms with Crippen LogP contribution in [0.2, 0.25) is 0 Å². The number of aryl methyl sites for hydroxylation is 1. The van der Waals surface area contributed by atoms with Crippen LogP contribution in [-0.4, -0.2) is 41.4 Å². The minimum Gasteiger partial charge on any atom is -0.334 e. The molecule has 1 aromatic carbocycles. The maximum absolute atomic E-state index is 12.8. The highest BCUT2D eigenvalue weighted by Crippen LogP contribution is 2.25. The van der Waals surface area contributed by atoms with Crippen LogP contribution in [0.15, 0.2) is 18.2 Å². The predicted molar refractivity (Wildman–Crippen MR) is 80.4 cm³/mol. The molecule has 0 spiro atoms. The van der Waals surface area contributed by atoms with Gasteiger partial charge >= 0.3 is 0 Å². The molecule has 1 heterocycles. The Labute approximate surface area is 124 Å². The largest absolute Gasteiger partial charge is 0.334 e. The summed E-state index contributed by atoms with van der Waals surface area (Å²) in [4.78, 5) is 25.4. The van der Waals surface area contributed by atoms with Gasteiger partial charge in [-0.1, -0.05) is 19.1 Å². The van der Waals surface area contributed by atoms with E-state index in [0.717, 1.165) is 25.9 Å². The summed E-state index contributed by atoms with van der Waals surface area (Å²) in [7, 11) is 0. The number of carbonyl (C=O) groups is 1. The van der Waals surface area contributed by atoms with Crippen LogP contribution < -0.4 is 5.32 Å². The molecule has 1 N–H and O–H groups in total. The van der Waals surface area contributed by atoms with Crippen molar-refractivity contribution < 1.29 is 9.72 Å². The van der Waals surface area contributed by atoms with Crippen molar-refractivity contribution >= 4 is 11.6 Å². The number of benzene rings is 1. The highest BCUT2D eigenvalue weighted by Gasteiger charge is 2.31. The molecule has 1 saturated heterocycles. The maximum Gasteiger partial charge on any atom is 0.285 e. The van der Waals surface area contributed by atoms with Crippen LogP contribution in [0, 0.1) is 17.0 Å². The minimum atomic E-state index is -0.459. The van der Waals surface area contributed by atoms with Gasteiger partial charge in [-0.05, 0) is 32.4 Å². The molecule has 0 bridgehead atoms. The van der Waals surface area contributed by atoms with Crippen LogP contribution in [0.25, 0.3) is 0 Å². The van der Waals surface area contributed by atoms with Gasteiger partial charge in [-0.25, -0.2) is 0 Å². The Hall–Kier alpha value is -1.95. The third kappa shape index (κ3) is 3.21. The van der Waals surface area contributed by atoms with Crippen molar-refractivity contribution in [1.82, 2.24) is 10.2 Å². The van der Waals surface area contributed by atoms with E-state index in [1.807, 2.05) is 6.92 Å². The van der Waals surface area contributed by atoms with Gasteiger partial charge in [-0.15, -0.1) is 0 Å². The Morgan fingerprint density at radius 3 is 2.86 bits per heavy atom. The first kappa shape index (κ1) is 15.4. The molecule has 1 fully saturated rings. The fourth-order valence-electron chi connectivity index (χ4n) is 2.82. The van der Waals surface area contributed by atoms with Gasteiger partial charge in [0.2, 0.25) is 0 Å². The topological polar surface area (TPSA) is 75.5 Å². The lowest BCUT2D eigenvalue weighted by molar-refractivity contribution is -0.385. The maximum atomic E-state index is 12.8. The summed E-state index contributed by atoms with van der Waals surface area (Å²) >= 11 is 0. The van der Waals surface area contributed by atoms with E-state index in [-0.39, 0.29) is 23.2 Å². The van der Waals surface area contributed by atoms with Crippen molar-refractivity contribution in [2.24, 2.45) is 0 Å². The molecule has 0 aliphatic carbocycles. The number of nitro benzene ring substituents is 1. The van der Waals surface area contributed by atoms with Gasteiger partial charge < -0.3 is 10.2 Å². The molecule has 1 unspecified atom stereocenters. The van der Waals surface area contributed by atoms with E-state index in [0.29, 0.717) is 12.1 Å². The van der Waals surface area contributed by atoms with Crippen LogP contribution in [-0.2, 0) is 0 Å². The molecule has 6 heteroatoms. The zero-order valence-corrected chi connectivity index (χ0v) is 12.5. The summed E-state index contributed by atoms with van der Waals surface area (Å²) in [5.41, 5.74) is 0.641. The number of hydrogen-bond acceptors (Lipinski definition) is 4. The molecule has 1 amide bonds. The molecule has 0 aromatic heterocycles. The number of nitro groups is 1. The SMILES string of the molecule is CCCN(C(=O)c1cccc(C)c1[N+](=O)[O-])C1CCNC1. The van der Waals surface area contributed by atoms with Crippen LogP contribution in [0.1, 0.15) is 35.7 Å². The fraction of sp³-hybridized carbons (Fsp3) is 0.533. The Bertz CT molecular complexity index is 539. The Morgan fingerprint density at radius 2 is 2.29 bits per heavy atom. The summed E-state index contributed by atoms with van der Waals surface area (Å²) in [6.45, 7) is 5.93. The second kappa shape index (κ2) is 6.67. The lowest BCUT2D eigenvalue weighted by Gasteiger charge is -2.28. The lowest BCUT2D eigenvalue weighted by Crippen LogP contribution is -2.42. The van der Waals surface area contributed by atoms with Crippen molar-refractivity contribution in [2.45, 2.75) is 32.7 Å². The van der Waals surface area contributed by atoms with Gasteiger partial charge in [0, 0.05) is 24.7 Å². The van der Waals surface area contributed by atoms with Gasteiger partial charge in [-0.3, -0.25) is 14.9 Å². The van der Waals surface area contributed by atoms with E-state index in [1.165, 1.54) is 0 Å². The highest BCUT2D eigenvalue weighted by atomic mass is 16.6. The number of nitrogens with one attached hydrogen (secondary N) is 1. The van der Waals surface area contributed by atoms with Crippen molar-refractivity contribution in [3.8, 4) is 0 Å². The quantitative estimate of drug-likeness (QED) is 0.666. The molecular weight excluding hydrogens is 270 g/mol. The average Bonchev–Trinajstić information content (AvgIpc) is 2.97. The van der Waals surface area contributed by atoms with Crippen LogP contribution >= 0.6 is 0 Å². The molecule has 1 aromatic rings. The summed E-state index contributed by atoms with van der Waals surface area (Å²) in [5, 5.41) is 14.5. The molecule has 1 aliphatic rings. The number of para-hydroxylation sites is 1. The number of carbonyl (C=O) groups excluding carboxylic acids is 1. The summed E-state index contributed by atoms with van der Waals surface area (Å²) < 4.78 is 0. The van der Waals surface area contributed by atoms with Crippen molar-refractivity contribution in [3.63, 3.8) is 0 Å². The first-order valence-electron chi connectivity index (χ1n) is 7.32. The van der Waals surface area contributed by atoms with E-state index in [4.69, 9.17) is 0 Å². The van der Waals surface area contributed by atoms with Crippen molar-refractivity contribution in [3.05, 3.63) is 39.4 Å². The van der Waals surface area contributed by atoms with Gasteiger partial charge in [-0.2, -0.15) is 0 Å². The molecule has 1 aliphatic heterocycles. The second-order valence-corrected chi connectivity index (χ2v) is 5.37. The average molecular weight is 291 g/mol. The molecule has 114 valence electrons. The third-order valence-electron chi connectivity index (χ3n) is 3.85. The summed E-state index contributed by atoms with van der Waals surface area (Å²) in [6, 6.07) is 5.04. The normalized spacial score (nSPS) is 17.7. The van der Waals surface area contributed by atoms with Crippen LogP contribution in [0.3, 0.4) is 0 Å². The standard InChI is InChI=1S/C15H21N3O3/c1-3-9-17(12-7-8-16-10-12)15(19)13-6-4-5-11(2)14(13)18(20)21/h4-6,12,16H,3,7-10H2,1-2H3. The van der Waals surface area contributed by atoms with E-state index in [1.54, 1.807) is 30.0 Å². The van der Waals surface area contributed by atoms with E-state index in [9.17, 15) is 14.9 Å². The van der Waals surface area contributed by atoms with E-state index < -0.39 is 4.92 Å². The molecular formula is C15H21N3O3. The first-order chi connectivity index (χ1) is 10.1. The third-order valence-corrected chi connectivity index (χ3v) is 3.85. The lowest BCUT2D eigenvalue weighted by atomic mass is 10.1. The van der Waals surface area contributed by atoms with Crippen molar-refractivity contribution in [2.75, 3.05) is 19.6 Å². The number of hydrogen-bond donors (Lipinski definition) is 1. The smallest absolute Gasteiger partial charge is 0.285 e. The van der Waals surface area contributed by atoms with E-state index >= 15 is 0 Å². The van der Waals surface area contributed by atoms with Crippen LogP contribution in [0.5, 0.6) is 0 Å². The number of amides is 1. The number of rotatable bonds is 5. The highest BCUT2D eigenvalue weighted by molar-refractivity contribution is 5.98. The summed E-state index contributed by atoms with van der Waals surface area (Å²) in [6.07, 6.45) is 1.73. The van der Waals surface area contributed by atoms with Gasteiger partial charge in [0.25, 0.3) is 11.6 Å². The van der Waals surface area contributed by atoms with Gasteiger partial charge in [0.1, 0.15) is 5.56 Å². The zero-order valence-electron chi connectivity index (χ0n) is 12.5. The minimum absolute atomic E-state index is 0.0745. The van der Waals surface area contributed by atoms with Gasteiger partial charge in [0.05, 0.1) is 4.92 Å². The van der Waals surface area contributed by atoms with Crippen LogP contribution in [0.4, 0.5) is 5.69 Å². The fourth-order valence-corrected chi connectivity index (χ4v) is 2.82. The molecule has 6 nitrogen and oxygen atoms in total. The summed E-state index contributed by atoms with van der Waals surface area (Å²) in [5.74, 6) is -0.235. The molecule has 0 radical (unpaired) electrons. The molecule has 0 saturated carbocycles.